The Balaban J connectivity index is 2.04. The van der Waals surface area contributed by atoms with Crippen molar-refractivity contribution < 1.29 is 9.90 Å². The molecular weight excluding hydrogens is 353 g/mol. The van der Waals surface area contributed by atoms with E-state index in [9.17, 15) is 9.90 Å². The first-order chi connectivity index (χ1) is 10.9. The van der Waals surface area contributed by atoms with E-state index in [2.05, 4.69) is 5.32 Å². The minimum atomic E-state index is -0.806. The van der Waals surface area contributed by atoms with Gasteiger partial charge in [-0.2, -0.15) is 0 Å². The summed E-state index contributed by atoms with van der Waals surface area (Å²) in [5.41, 5.74) is 1.01. The molecule has 0 bridgehead atoms. The molecule has 0 saturated carbocycles. The predicted molar refractivity (Wildman–Crippen MR) is 97.5 cm³/mol. The van der Waals surface area contributed by atoms with Crippen LogP contribution in [0.15, 0.2) is 30.3 Å². The molecule has 2 N–H and O–H groups in total. The van der Waals surface area contributed by atoms with Gasteiger partial charge in [0, 0.05) is 16.3 Å². The highest BCUT2D eigenvalue weighted by Gasteiger charge is 2.18. The number of halogens is 2. The summed E-state index contributed by atoms with van der Waals surface area (Å²) in [6.07, 6.45) is 0.611. The Hall–Kier alpha value is -1.07. The summed E-state index contributed by atoms with van der Waals surface area (Å²) in [6, 6.07) is 9.04. The van der Waals surface area contributed by atoms with Crippen LogP contribution in [0.4, 0.5) is 0 Å². The van der Waals surface area contributed by atoms with E-state index in [1.165, 1.54) is 0 Å². The number of nitrogens with one attached hydrogen (secondary N) is 1. The minimum Gasteiger partial charge on any atom is -0.480 e. The monoisotopic (exact) mass is 371 g/mol. The molecule has 0 aliphatic heterocycles. The summed E-state index contributed by atoms with van der Waals surface area (Å²) >= 11 is 13.6. The Labute approximate surface area is 150 Å². The van der Waals surface area contributed by atoms with Crippen molar-refractivity contribution >= 4 is 40.5 Å². The highest BCUT2D eigenvalue weighted by molar-refractivity contribution is 7.15. The van der Waals surface area contributed by atoms with Crippen molar-refractivity contribution in [2.75, 3.05) is 0 Å². The lowest BCUT2D eigenvalue weighted by molar-refractivity contribution is -0.140. The maximum atomic E-state index is 11.3. The quantitative estimate of drug-likeness (QED) is 0.692. The van der Waals surface area contributed by atoms with Gasteiger partial charge in [-0.15, -0.1) is 11.3 Å². The van der Waals surface area contributed by atoms with E-state index in [0.717, 1.165) is 15.3 Å². The number of carboxylic acids is 1. The second-order valence-corrected chi connectivity index (χ2v) is 7.78. The number of carbonyl (C=O) groups is 1. The van der Waals surface area contributed by atoms with Crippen molar-refractivity contribution in [1.29, 1.82) is 0 Å². The number of rotatable bonds is 7. The fourth-order valence-electron chi connectivity index (χ4n) is 2.24. The molecule has 1 heterocycles. The third-order valence-corrected chi connectivity index (χ3v) is 5.27. The lowest BCUT2D eigenvalue weighted by Crippen LogP contribution is -2.37. The van der Waals surface area contributed by atoms with Crippen LogP contribution < -0.4 is 5.32 Å². The topological polar surface area (TPSA) is 49.3 Å². The average Bonchev–Trinajstić information content (AvgIpc) is 2.94. The van der Waals surface area contributed by atoms with Gasteiger partial charge in [-0.1, -0.05) is 43.1 Å². The molecule has 1 atom stereocenters. The van der Waals surface area contributed by atoms with Gasteiger partial charge in [-0.25, -0.2) is 0 Å². The molecule has 0 aliphatic carbocycles. The van der Waals surface area contributed by atoms with E-state index in [4.69, 9.17) is 23.2 Å². The van der Waals surface area contributed by atoms with E-state index in [1.54, 1.807) is 17.4 Å². The van der Waals surface area contributed by atoms with Gasteiger partial charge in [-0.05, 0) is 42.2 Å². The molecule has 0 radical (unpaired) electrons. The average molecular weight is 372 g/mol. The van der Waals surface area contributed by atoms with Crippen molar-refractivity contribution in [3.63, 3.8) is 0 Å². The van der Waals surface area contributed by atoms with Crippen LogP contribution in [0.2, 0.25) is 10.0 Å². The Morgan fingerprint density at radius 3 is 2.57 bits per heavy atom. The van der Waals surface area contributed by atoms with Gasteiger partial charge >= 0.3 is 5.97 Å². The fourth-order valence-corrected chi connectivity index (χ4v) is 3.50. The summed E-state index contributed by atoms with van der Waals surface area (Å²) in [4.78, 5) is 13.4. The van der Waals surface area contributed by atoms with Crippen LogP contribution in [-0.2, 0) is 11.3 Å². The summed E-state index contributed by atoms with van der Waals surface area (Å²) in [7, 11) is 0. The molecule has 3 nitrogen and oxygen atoms in total. The first-order valence-corrected chi connectivity index (χ1v) is 8.94. The molecule has 0 amide bonds. The zero-order valence-corrected chi connectivity index (χ0v) is 15.3. The fraction of sp³-hybridized carbons (Fsp3) is 0.353. The van der Waals surface area contributed by atoms with Crippen LogP contribution in [0.3, 0.4) is 0 Å². The first-order valence-electron chi connectivity index (χ1n) is 7.37. The normalized spacial score (nSPS) is 12.6. The summed E-state index contributed by atoms with van der Waals surface area (Å²) in [5, 5.41) is 13.4. The Morgan fingerprint density at radius 1 is 1.22 bits per heavy atom. The van der Waals surface area contributed by atoms with Crippen molar-refractivity contribution in [1.82, 2.24) is 5.32 Å². The van der Waals surface area contributed by atoms with Gasteiger partial charge in [0.1, 0.15) is 6.04 Å². The molecule has 2 aromatic rings. The maximum Gasteiger partial charge on any atom is 0.320 e. The van der Waals surface area contributed by atoms with Crippen LogP contribution in [0.25, 0.3) is 10.4 Å². The van der Waals surface area contributed by atoms with E-state index < -0.39 is 12.0 Å². The van der Waals surface area contributed by atoms with Crippen molar-refractivity contribution in [2.45, 2.75) is 32.9 Å². The second-order valence-electron chi connectivity index (χ2n) is 5.80. The minimum absolute atomic E-state index is 0.332. The molecule has 0 saturated heterocycles. The van der Waals surface area contributed by atoms with Gasteiger partial charge < -0.3 is 5.11 Å². The lowest BCUT2D eigenvalue weighted by Gasteiger charge is -2.15. The Bertz CT molecular complexity index is 685. The second kappa shape index (κ2) is 8.15. The van der Waals surface area contributed by atoms with Crippen LogP contribution in [0, 0.1) is 5.92 Å². The molecule has 1 aromatic carbocycles. The van der Waals surface area contributed by atoms with E-state index in [1.807, 2.05) is 38.1 Å². The van der Waals surface area contributed by atoms with Crippen LogP contribution in [0.1, 0.15) is 25.1 Å². The first kappa shape index (κ1) is 18.3. The van der Waals surface area contributed by atoms with Crippen molar-refractivity contribution in [2.24, 2.45) is 5.92 Å². The third kappa shape index (κ3) is 5.21. The van der Waals surface area contributed by atoms with Crippen LogP contribution in [-0.4, -0.2) is 17.1 Å². The number of aliphatic carboxylic acids is 1. The zero-order valence-electron chi connectivity index (χ0n) is 13.0. The molecule has 0 spiro atoms. The highest BCUT2D eigenvalue weighted by atomic mass is 35.5. The van der Waals surface area contributed by atoms with Crippen molar-refractivity contribution in [3.05, 3.63) is 45.3 Å². The molecule has 23 heavy (non-hydrogen) atoms. The third-order valence-electron chi connectivity index (χ3n) is 3.39. The largest absolute Gasteiger partial charge is 0.480 e. The molecule has 2 rings (SSSR count). The van der Waals surface area contributed by atoms with Gasteiger partial charge in [0.05, 0.1) is 10.0 Å². The van der Waals surface area contributed by atoms with Crippen LogP contribution >= 0.6 is 34.5 Å². The molecule has 0 aliphatic rings. The highest BCUT2D eigenvalue weighted by Crippen LogP contribution is 2.32. The van der Waals surface area contributed by atoms with Gasteiger partial charge in [-0.3, -0.25) is 10.1 Å². The van der Waals surface area contributed by atoms with Gasteiger partial charge in [0.15, 0.2) is 0 Å². The van der Waals surface area contributed by atoms with E-state index in [-0.39, 0.29) is 0 Å². The summed E-state index contributed by atoms with van der Waals surface area (Å²) < 4.78 is 0. The van der Waals surface area contributed by atoms with Crippen LogP contribution in [0.5, 0.6) is 0 Å². The van der Waals surface area contributed by atoms with E-state index >= 15 is 0 Å². The SMILES string of the molecule is CC(C)C[C@H](NCc1ccc(-c2ccc(Cl)c(Cl)c2)s1)C(=O)O. The standard InChI is InChI=1S/C17H19Cl2NO2S/c1-10(2)7-15(17(21)22)20-9-12-4-6-16(23-12)11-3-5-13(18)14(19)8-11/h3-6,8,10,15,20H,7,9H2,1-2H3,(H,21,22)/t15-/m0/s1. The van der Waals surface area contributed by atoms with Gasteiger partial charge in [0.25, 0.3) is 0 Å². The predicted octanol–water partition coefficient (Wildman–Crippen LogP) is 5.31. The zero-order chi connectivity index (χ0) is 17.0. The Kier molecular flexibility index (Phi) is 6.48. The number of benzene rings is 1. The molecule has 0 unspecified atom stereocenters. The molecule has 6 heteroatoms. The number of hydrogen-bond donors (Lipinski definition) is 2. The maximum absolute atomic E-state index is 11.3. The summed E-state index contributed by atoms with van der Waals surface area (Å²) in [5.74, 6) is -0.473. The van der Waals surface area contributed by atoms with Crippen molar-refractivity contribution in [3.8, 4) is 10.4 Å². The lowest BCUT2D eigenvalue weighted by atomic mass is 10.0. The Morgan fingerprint density at radius 2 is 1.96 bits per heavy atom. The molecule has 0 fully saturated rings. The number of hydrogen-bond acceptors (Lipinski definition) is 3. The van der Waals surface area contributed by atoms with Gasteiger partial charge in [0.2, 0.25) is 0 Å². The number of carboxylic acid groups (broad SMARTS) is 1. The molecule has 124 valence electrons. The molecular formula is C17H19Cl2NO2S. The van der Waals surface area contributed by atoms with E-state index in [0.29, 0.717) is 28.9 Å². The smallest absolute Gasteiger partial charge is 0.320 e. The summed E-state index contributed by atoms with van der Waals surface area (Å²) in [6.45, 7) is 4.58. The molecule has 1 aromatic heterocycles. The number of thiophene rings is 1.